The van der Waals surface area contributed by atoms with Gasteiger partial charge in [-0.15, -0.1) is 12.4 Å². The van der Waals surface area contributed by atoms with Crippen molar-refractivity contribution < 1.29 is 13.2 Å². The Morgan fingerprint density at radius 2 is 1.83 bits per heavy atom. The van der Waals surface area contributed by atoms with Gasteiger partial charge >= 0.3 is 0 Å². The molecule has 2 N–H and O–H groups in total. The van der Waals surface area contributed by atoms with Gasteiger partial charge in [0.2, 0.25) is 0 Å². The van der Waals surface area contributed by atoms with Crippen molar-refractivity contribution in [2.75, 3.05) is 6.26 Å². The number of carbonyl (C=O) groups is 1. The molecule has 0 aliphatic carbocycles. The smallest absolute Gasteiger partial charge is 0.251 e. The zero-order valence-corrected chi connectivity index (χ0v) is 15.0. The Bertz CT molecular complexity index is 693. The molecule has 2 atom stereocenters. The summed E-state index contributed by atoms with van der Waals surface area (Å²) >= 11 is 0. The normalized spacial score (nSPS) is 26.4. The average molecular weight is 359 g/mol. The van der Waals surface area contributed by atoms with Crippen LogP contribution in [0.15, 0.2) is 23.1 Å². The fourth-order valence-electron chi connectivity index (χ4n) is 3.58. The molecule has 2 aliphatic rings. The van der Waals surface area contributed by atoms with Crippen molar-refractivity contribution in [2.45, 2.75) is 55.6 Å². The second kappa shape index (κ2) is 6.79. The summed E-state index contributed by atoms with van der Waals surface area (Å²) in [4.78, 5) is 12.6. The molecule has 2 unspecified atom stereocenters. The first-order valence-corrected chi connectivity index (χ1v) is 9.59. The van der Waals surface area contributed by atoms with Crippen LogP contribution in [0.2, 0.25) is 0 Å². The highest BCUT2D eigenvalue weighted by molar-refractivity contribution is 7.90. The van der Waals surface area contributed by atoms with Gasteiger partial charge in [-0.25, -0.2) is 8.42 Å². The molecule has 128 valence electrons. The van der Waals surface area contributed by atoms with Gasteiger partial charge in [-0.05, 0) is 50.3 Å². The lowest BCUT2D eigenvalue weighted by atomic mass is 9.99. The van der Waals surface area contributed by atoms with E-state index in [0.717, 1.165) is 12.8 Å². The van der Waals surface area contributed by atoms with Crippen LogP contribution in [0.1, 0.15) is 41.6 Å². The first-order chi connectivity index (χ1) is 10.3. The summed E-state index contributed by atoms with van der Waals surface area (Å²) in [6.07, 6.45) is 5.43. The molecule has 2 aliphatic heterocycles. The van der Waals surface area contributed by atoms with Crippen LogP contribution in [0, 0.1) is 6.92 Å². The number of halogens is 1. The van der Waals surface area contributed by atoms with Crippen molar-refractivity contribution in [1.29, 1.82) is 0 Å². The van der Waals surface area contributed by atoms with Gasteiger partial charge < -0.3 is 10.6 Å². The number of rotatable bonds is 3. The predicted molar refractivity (Wildman–Crippen MR) is 92.0 cm³/mol. The minimum Gasteiger partial charge on any atom is -0.349 e. The van der Waals surface area contributed by atoms with E-state index in [1.165, 1.54) is 25.2 Å². The van der Waals surface area contributed by atoms with Crippen LogP contribution >= 0.6 is 12.4 Å². The molecule has 0 spiro atoms. The molecule has 2 saturated heterocycles. The number of aryl methyl sites for hydroxylation is 1. The Morgan fingerprint density at radius 1 is 1.22 bits per heavy atom. The number of piperidine rings is 1. The number of fused-ring (bicyclic) bond motifs is 2. The molecule has 23 heavy (non-hydrogen) atoms. The highest BCUT2D eigenvalue weighted by atomic mass is 35.5. The minimum absolute atomic E-state index is 0. The Morgan fingerprint density at radius 3 is 2.39 bits per heavy atom. The van der Waals surface area contributed by atoms with Gasteiger partial charge in [-0.1, -0.05) is 6.07 Å². The molecule has 2 fully saturated rings. The van der Waals surface area contributed by atoms with E-state index in [9.17, 15) is 13.2 Å². The van der Waals surface area contributed by atoms with Gasteiger partial charge in [-0.3, -0.25) is 4.79 Å². The number of nitrogens with one attached hydrogen (secondary N) is 2. The maximum Gasteiger partial charge on any atom is 0.251 e. The molecule has 0 radical (unpaired) electrons. The number of sulfone groups is 1. The maximum absolute atomic E-state index is 12.4. The lowest BCUT2D eigenvalue weighted by Gasteiger charge is -2.29. The van der Waals surface area contributed by atoms with Crippen LogP contribution in [0.4, 0.5) is 0 Å². The van der Waals surface area contributed by atoms with Crippen LogP contribution in [0.3, 0.4) is 0 Å². The minimum atomic E-state index is -3.32. The zero-order chi connectivity index (χ0) is 15.9. The van der Waals surface area contributed by atoms with Crippen LogP contribution in [0.25, 0.3) is 0 Å². The summed E-state index contributed by atoms with van der Waals surface area (Å²) in [6, 6.07) is 6.05. The average Bonchev–Trinajstić information content (AvgIpc) is 2.77. The summed E-state index contributed by atoms with van der Waals surface area (Å²) < 4.78 is 23.5. The molecule has 2 heterocycles. The summed E-state index contributed by atoms with van der Waals surface area (Å²) in [5.41, 5.74) is 1.08. The number of amides is 1. The molecule has 1 aromatic carbocycles. The highest BCUT2D eigenvalue weighted by Gasteiger charge is 2.34. The monoisotopic (exact) mass is 358 g/mol. The SMILES string of the molecule is Cc1ccc(C(=O)NC2CC3CCC(C2)N3)cc1S(C)(=O)=O.Cl. The van der Waals surface area contributed by atoms with E-state index in [2.05, 4.69) is 10.6 Å². The Hall–Kier alpha value is -1.11. The summed E-state index contributed by atoms with van der Waals surface area (Å²) in [6.45, 7) is 1.74. The van der Waals surface area contributed by atoms with Crippen molar-refractivity contribution in [1.82, 2.24) is 10.6 Å². The van der Waals surface area contributed by atoms with Gasteiger partial charge in [0.15, 0.2) is 9.84 Å². The first kappa shape index (κ1) is 18.2. The number of hydrogen-bond donors (Lipinski definition) is 2. The van der Waals surface area contributed by atoms with Crippen molar-refractivity contribution in [2.24, 2.45) is 0 Å². The molecule has 2 bridgehead atoms. The number of benzene rings is 1. The van der Waals surface area contributed by atoms with Crippen molar-refractivity contribution in [3.63, 3.8) is 0 Å². The van der Waals surface area contributed by atoms with Gasteiger partial charge in [0.1, 0.15) is 0 Å². The van der Waals surface area contributed by atoms with E-state index < -0.39 is 9.84 Å². The van der Waals surface area contributed by atoms with Crippen LogP contribution < -0.4 is 10.6 Å². The van der Waals surface area contributed by atoms with Crippen LogP contribution in [-0.4, -0.2) is 38.7 Å². The third kappa shape index (κ3) is 4.05. The van der Waals surface area contributed by atoms with Gasteiger partial charge in [-0.2, -0.15) is 0 Å². The van der Waals surface area contributed by atoms with Crippen LogP contribution in [0.5, 0.6) is 0 Å². The molecule has 7 heteroatoms. The molecular formula is C16H23ClN2O3S. The van der Waals surface area contributed by atoms with E-state index in [0.29, 0.717) is 23.2 Å². The summed E-state index contributed by atoms with van der Waals surface area (Å²) in [5, 5.41) is 6.60. The van der Waals surface area contributed by atoms with E-state index >= 15 is 0 Å². The Kier molecular flexibility index (Phi) is 5.38. The second-order valence-corrected chi connectivity index (χ2v) is 8.52. The maximum atomic E-state index is 12.4. The van der Waals surface area contributed by atoms with E-state index in [1.54, 1.807) is 19.1 Å². The molecule has 1 amide bonds. The second-order valence-electron chi connectivity index (χ2n) is 6.53. The standard InChI is InChI=1S/C16H22N2O3S.ClH/c1-10-3-4-11(7-15(10)22(2,20)21)16(19)18-14-8-12-5-6-13(9-14)17-12;/h3-4,7,12-14,17H,5-6,8-9H2,1-2H3,(H,18,19);1H. The van der Waals surface area contributed by atoms with Crippen molar-refractivity contribution in [3.05, 3.63) is 29.3 Å². The molecule has 5 nitrogen and oxygen atoms in total. The van der Waals surface area contributed by atoms with Gasteiger partial charge in [0.25, 0.3) is 5.91 Å². The van der Waals surface area contributed by atoms with Crippen LogP contribution in [-0.2, 0) is 9.84 Å². The summed E-state index contributed by atoms with van der Waals surface area (Å²) in [5.74, 6) is -0.184. The van der Waals surface area contributed by atoms with Crippen molar-refractivity contribution in [3.8, 4) is 0 Å². The topological polar surface area (TPSA) is 75.3 Å². The molecule has 3 rings (SSSR count). The fraction of sp³-hybridized carbons (Fsp3) is 0.562. The lowest BCUT2D eigenvalue weighted by Crippen LogP contribution is -2.48. The quantitative estimate of drug-likeness (QED) is 0.864. The first-order valence-electron chi connectivity index (χ1n) is 7.70. The van der Waals surface area contributed by atoms with E-state index in [1.807, 2.05) is 0 Å². The van der Waals surface area contributed by atoms with E-state index in [-0.39, 0.29) is 29.3 Å². The van der Waals surface area contributed by atoms with Gasteiger partial charge in [0, 0.05) is 29.9 Å². The Balaban J connectivity index is 0.00000192. The number of carbonyl (C=O) groups excluding carboxylic acids is 1. The molecule has 0 saturated carbocycles. The summed E-state index contributed by atoms with van der Waals surface area (Å²) in [7, 11) is -3.32. The zero-order valence-electron chi connectivity index (χ0n) is 13.3. The molecular weight excluding hydrogens is 336 g/mol. The van der Waals surface area contributed by atoms with Crippen molar-refractivity contribution >= 4 is 28.2 Å². The number of hydrogen-bond acceptors (Lipinski definition) is 4. The lowest BCUT2D eigenvalue weighted by molar-refractivity contribution is 0.0923. The predicted octanol–water partition coefficient (Wildman–Crippen LogP) is 1.83. The highest BCUT2D eigenvalue weighted by Crippen LogP contribution is 2.27. The molecule has 0 aromatic heterocycles. The molecule has 1 aromatic rings. The Labute approximate surface area is 143 Å². The third-order valence-electron chi connectivity index (χ3n) is 4.66. The third-order valence-corrected chi connectivity index (χ3v) is 5.90. The largest absolute Gasteiger partial charge is 0.349 e. The van der Waals surface area contributed by atoms with Gasteiger partial charge in [0.05, 0.1) is 4.90 Å². The van der Waals surface area contributed by atoms with E-state index in [4.69, 9.17) is 0 Å². The fourth-order valence-corrected chi connectivity index (χ4v) is 4.58.